The Hall–Kier alpha value is -5.48. The molecule has 0 unspecified atom stereocenters. The topological polar surface area (TPSA) is 51.6 Å². The molecule has 0 spiro atoms. The lowest BCUT2D eigenvalue weighted by Crippen LogP contribution is -1.96. The number of para-hydroxylation sites is 2. The lowest BCUT2D eigenvalue weighted by Gasteiger charge is -2.13. The van der Waals surface area contributed by atoms with Gasteiger partial charge in [-0.2, -0.15) is 0 Å². The van der Waals surface area contributed by atoms with Crippen LogP contribution < -0.4 is 0 Å². The number of fused-ring (bicyclic) bond motifs is 5. The van der Waals surface area contributed by atoms with Gasteiger partial charge in [-0.3, -0.25) is 4.98 Å². The molecule has 0 saturated heterocycles. The van der Waals surface area contributed by atoms with E-state index in [2.05, 4.69) is 102 Å². The first kappa shape index (κ1) is 22.5. The van der Waals surface area contributed by atoms with Gasteiger partial charge in [0.25, 0.3) is 0 Å². The fourth-order valence-corrected chi connectivity index (χ4v) is 5.53. The van der Waals surface area contributed by atoms with Gasteiger partial charge < -0.3 is 0 Å². The first-order chi connectivity index (χ1) is 19.8. The smallest absolute Gasteiger partial charge is 0.0979 e. The number of rotatable bonds is 3. The number of benzene rings is 5. The van der Waals surface area contributed by atoms with E-state index >= 15 is 0 Å². The number of nitrogens with zero attached hydrogens (tertiary/aromatic N) is 4. The zero-order valence-electron chi connectivity index (χ0n) is 21.5. The lowest BCUT2D eigenvalue weighted by atomic mass is 9.97. The molecule has 0 saturated carbocycles. The van der Waals surface area contributed by atoms with Crippen molar-refractivity contribution in [3.8, 4) is 33.8 Å². The summed E-state index contributed by atoms with van der Waals surface area (Å²) in [6, 6.07) is 43.7. The molecule has 8 rings (SSSR count). The van der Waals surface area contributed by atoms with Gasteiger partial charge in [0, 0.05) is 33.7 Å². The van der Waals surface area contributed by atoms with E-state index in [-0.39, 0.29) is 0 Å². The van der Waals surface area contributed by atoms with Crippen LogP contribution in [0.15, 0.2) is 134 Å². The molecule has 4 heteroatoms. The molecule has 4 nitrogen and oxygen atoms in total. The summed E-state index contributed by atoms with van der Waals surface area (Å²) >= 11 is 0. The molecule has 3 heterocycles. The standard InChI is InChI=1S/C36H22N4/c1-2-13-28-23(8-1)9-6-14-29(28)36-35(39-31-15-3-4-16-32(31)40-36)27-11-5-10-26(22-27)30-20-19-25-18-17-24-12-7-21-37-33(24)34(25)38-30/h1-22H. The molecule has 0 fully saturated rings. The monoisotopic (exact) mass is 510 g/mol. The third kappa shape index (κ3) is 3.69. The van der Waals surface area contributed by atoms with Gasteiger partial charge in [-0.15, -0.1) is 0 Å². The average molecular weight is 511 g/mol. The molecule has 0 amide bonds. The molecule has 8 aromatic rings. The minimum absolute atomic E-state index is 0.852. The molecule has 0 aliphatic carbocycles. The summed E-state index contributed by atoms with van der Waals surface area (Å²) in [7, 11) is 0. The first-order valence-corrected chi connectivity index (χ1v) is 13.3. The minimum atomic E-state index is 0.852. The van der Waals surface area contributed by atoms with Crippen molar-refractivity contribution in [1.29, 1.82) is 0 Å². The van der Waals surface area contributed by atoms with Crippen LogP contribution in [0.1, 0.15) is 0 Å². The summed E-state index contributed by atoms with van der Waals surface area (Å²) in [5.41, 5.74) is 9.27. The van der Waals surface area contributed by atoms with Crippen LogP contribution in [0.25, 0.3) is 77.4 Å². The normalized spacial score (nSPS) is 11.5. The summed E-state index contributed by atoms with van der Waals surface area (Å²) in [6.07, 6.45) is 1.82. The van der Waals surface area contributed by atoms with Crippen LogP contribution >= 0.6 is 0 Å². The highest BCUT2D eigenvalue weighted by Crippen LogP contribution is 2.36. The van der Waals surface area contributed by atoms with Crippen LogP contribution in [0.2, 0.25) is 0 Å². The van der Waals surface area contributed by atoms with E-state index in [0.717, 1.165) is 72.0 Å². The van der Waals surface area contributed by atoms with E-state index in [9.17, 15) is 0 Å². The van der Waals surface area contributed by atoms with Crippen LogP contribution in [0.3, 0.4) is 0 Å². The Labute approximate surface area is 230 Å². The molecule has 186 valence electrons. The Morgan fingerprint density at radius 1 is 0.425 bits per heavy atom. The fraction of sp³-hybridized carbons (Fsp3) is 0. The summed E-state index contributed by atoms with van der Waals surface area (Å²) in [5, 5.41) is 4.49. The third-order valence-electron chi connectivity index (χ3n) is 7.48. The molecule has 40 heavy (non-hydrogen) atoms. The minimum Gasteiger partial charge on any atom is -0.254 e. The SMILES string of the molecule is c1cc(-c2ccc3ccc4cccnc4c3n2)cc(-c2nc3ccccc3nc2-c2cccc3ccccc23)c1. The van der Waals surface area contributed by atoms with Crippen LogP contribution in [-0.4, -0.2) is 19.9 Å². The van der Waals surface area contributed by atoms with Gasteiger partial charge in [0.1, 0.15) is 0 Å². The number of aromatic nitrogens is 4. The molecule has 3 aromatic heterocycles. The van der Waals surface area contributed by atoms with Crippen molar-refractivity contribution in [2.45, 2.75) is 0 Å². The number of pyridine rings is 2. The quantitative estimate of drug-likeness (QED) is 0.223. The van der Waals surface area contributed by atoms with Crippen LogP contribution in [0.4, 0.5) is 0 Å². The van der Waals surface area contributed by atoms with Gasteiger partial charge in [-0.05, 0) is 41.1 Å². The Morgan fingerprint density at radius 3 is 2.00 bits per heavy atom. The molecule has 0 aliphatic rings. The predicted molar refractivity (Wildman–Crippen MR) is 164 cm³/mol. The molecule has 0 N–H and O–H groups in total. The maximum Gasteiger partial charge on any atom is 0.0979 e. The molecule has 0 atom stereocenters. The van der Waals surface area contributed by atoms with Gasteiger partial charge in [0.05, 0.1) is 39.1 Å². The van der Waals surface area contributed by atoms with E-state index in [4.69, 9.17) is 15.0 Å². The summed E-state index contributed by atoms with van der Waals surface area (Å²) in [4.78, 5) is 20.0. The summed E-state index contributed by atoms with van der Waals surface area (Å²) in [6.45, 7) is 0. The Morgan fingerprint density at radius 2 is 1.10 bits per heavy atom. The molecule has 0 bridgehead atoms. The van der Waals surface area contributed by atoms with Crippen molar-refractivity contribution in [3.05, 3.63) is 134 Å². The van der Waals surface area contributed by atoms with Crippen molar-refractivity contribution in [2.24, 2.45) is 0 Å². The Balaban J connectivity index is 1.35. The second-order valence-electron chi connectivity index (χ2n) is 9.93. The Bertz CT molecular complexity index is 2230. The number of hydrogen-bond donors (Lipinski definition) is 0. The fourth-order valence-electron chi connectivity index (χ4n) is 5.53. The lowest BCUT2D eigenvalue weighted by molar-refractivity contribution is 1.29. The van der Waals surface area contributed by atoms with Crippen LogP contribution in [0, 0.1) is 0 Å². The van der Waals surface area contributed by atoms with E-state index in [1.54, 1.807) is 0 Å². The zero-order chi connectivity index (χ0) is 26.5. The highest BCUT2D eigenvalue weighted by molar-refractivity contribution is 6.03. The summed E-state index contributed by atoms with van der Waals surface area (Å²) in [5.74, 6) is 0. The van der Waals surface area contributed by atoms with Crippen molar-refractivity contribution >= 4 is 43.6 Å². The molecular weight excluding hydrogens is 488 g/mol. The molecule has 0 aliphatic heterocycles. The average Bonchev–Trinajstić information content (AvgIpc) is 3.03. The highest BCUT2D eigenvalue weighted by atomic mass is 14.8. The third-order valence-corrected chi connectivity index (χ3v) is 7.48. The van der Waals surface area contributed by atoms with Gasteiger partial charge in [-0.25, -0.2) is 15.0 Å². The molecular formula is C36H22N4. The van der Waals surface area contributed by atoms with Crippen molar-refractivity contribution in [1.82, 2.24) is 19.9 Å². The number of hydrogen-bond acceptors (Lipinski definition) is 4. The van der Waals surface area contributed by atoms with Gasteiger partial charge in [0.2, 0.25) is 0 Å². The van der Waals surface area contributed by atoms with Gasteiger partial charge >= 0.3 is 0 Å². The second-order valence-corrected chi connectivity index (χ2v) is 9.93. The van der Waals surface area contributed by atoms with Crippen molar-refractivity contribution in [2.75, 3.05) is 0 Å². The summed E-state index contributed by atoms with van der Waals surface area (Å²) < 4.78 is 0. The predicted octanol–water partition coefficient (Wildman–Crippen LogP) is 8.88. The molecule has 5 aromatic carbocycles. The van der Waals surface area contributed by atoms with E-state index in [1.165, 1.54) is 5.39 Å². The van der Waals surface area contributed by atoms with Crippen LogP contribution in [-0.2, 0) is 0 Å². The zero-order valence-corrected chi connectivity index (χ0v) is 21.5. The Kier molecular flexibility index (Phi) is 5.10. The van der Waals surface area contributed by atoms with E-state index in [0.29, 0.717) is 0 Å². The maximum atomic E-state index is 5.16. The first-order valence-electron chi connectivity index (χ1n) is 13.3. The van der Waals surface area contributed by atoms with Crippen molar-refractivity contribution in [3.63, 3.8) is 0 Å². The molecule has 0 radical (unpaired) electrons. The van der Waals surface area contributed by atoms with Gasteiger partial charge in [-0.1, -0.05) is 97.1 Å². The van der Waals surface area contributed by atoms with E-state index < -0.39 is 0 Å². The van der Waals surface area contributed by atoms with E-state index in [1.807, 2.05) is 36.5 Å². The van der Waals surface area contributed by atoms with Crippen LogP contribution in [0.5, 0.6) is 0 Å². The second kappa shape index (κ2) is 9.07. The largest absolute Gasteiger partial charge is 0.254 e. The van der Waals surface area contributed by atoms with Gasteiger partial charge in [0.15, 0.2) is 0 Å². The highest BCUT2D eigenvalue weighted by Gasteiger charge is 2.16. The maximum absolute atomic E-state index is 5.16. The van der Waals surface area contributed by atoms with Crippen molar-refractivity contribution < 1.29 is 0 Å².